The van der Waals surface area contributed by atoms with Crippen molar-refractivity contribution in [2.75, 3.05) is 19.6 Å². The number of rotatable bonds is 6. The number of carbonyl (C=O) groups excluding carboxylic acids is 1. The third kappa shape index (κ3) is 5.15. The summed E-state index contributed by atoms with van der Waals surface area (Å²) in [5.74, 6) is -0.0899. The van der Waals surface area contributed by atoms with Gasteiger partial charge < -0.3 is 4.90 Å². The normalized spacial score (nSPS) is 17.2. The molecular weight excluding hydrogens is 327 g/mol. The Kier molecular flexibility index (Phi) is 6.40. The molecule has 0 spiro atoms. The lowest BCUT2D eigenvalue weighted by molar-refractivity contribution is -0.130. The average Bonchev–Trinajstić information content (AvgIpc) is 2.83. The molecule has 3 rings (SSSR count). The molecule has 4 heteroatoms. The van der Waals surface area contributed by atoms with Crippen LogP contribution in [0.3, 0.4) is 0 Å². The molecule has 1 aliphatic heterocycles. The fourth-order valence-corrected chi connectivity index (χ4v) is 3.55. The van der Waals surface area contributed by atoms with Crippen LogP contribution in [0.15, 0.2) is 54.6 Å². The monoisotopic (exact) mass is 354 g/mol. The van der Waals surface area contributed by atoms with E-state index >= 15 is 0 Å². The summed E-state index contributed by atoms with van der Waals surface area (Å²) in [5.41, 5.74) is 2.21. The number of hydrogen-bond acceptors (Lipinski definition) is 2. The second kappa shape index (κ2) is 8.95. The van der Waals surface area contributed by atoms with E-state index in [1.165, 1.54) is 17.7 Å². The van der Waals surface area contributed by atoms with Crippen LogP contribution in [-0.4, -0.2) is 41.4 Å². The molecule has 0 radical (unpaired) electrons. The van der Waals surface area contributed by atoms with E-state index in [1.807, 2.05) is 17.0 Å². The van der Waals surface area contributed by atoms with Gasteiger partial charge in [-0.2, -0.15) is 0 Å². The SMILES string of the molecule is C[C@H](CCc1ccccc1)N1CCC(=O)N(Cc2cccc(F)c2)CC1. The maximum atomic E-state index is 13.4. The van der Waals surface area contributed by atoms with E-state index in [4.69, 9.17) is 0 Å². The predicted molar refractivity (Wildman–Crippen MR) is 102 cm³/mol. The molecule has 1 fully saturated rings. The van der Waals surface area contributed by atoms with Crippen LogP contribution in [-0.2, 0) is 17.8 Å². The van der Waals surface area contributed by atoms with Gasteiger partial charge in [0.2, 0.25) is 5.91 Å². The summed E-state index contributed by atoms with van der Waals surface area (Å²) < 4.78 is 13.4. The highest BCUT2D eigenvalue weighted by molar-refractivity contribution is 5.76. The first-order valence-electron chi connectivity index (χ1n) is 9.42. The van der Waals surface area contributed by atoms with Gasteiger partial charge in [-0.05, 0) is 43.0 Å². The molecule has 0 bridgehead atoms. The van der Waals surface area contributed by atoms with E-state index in [9.17, 15) is 9.18 Å². The molecule has 138 valence electrons. The van der Waals surface area contributed by atoms with Crippen LogP contribution in [0, 0.1) is 5.82 Å². The zero-order valence-electron chi connectivity index (χ0n) is 15.4. The van der Waals surface area contributed by atoms with E-state index in [2.05, 4.69) is 36.1 Å². The van der Waals surface area contributed by atoms with Crippen molar-refractivity contribution in [2.24, 2.45) is 0 Å². The van der Waals surface area contributed by atoms with Gasteiger partial charge in [-0.3, -0.25) is 9.69 Å². The maximum absolute atomic E-state index is 13.4. The van der Waals surface area contributed by atoms with Crippen LogP contribution in [0.25, 0.3) is 0 Å². The highest BCUT2D eigenvalue weighted by Crippen LogP contribution is 2.15. The molecule has 26 heavy (non-hydrogen) atoms. The summed E-state index contributed by atoms with van der Waals surface area (Å²) >= 11 is 0. The standard InChI is InChI=1S/C22H27FN2O/c1-18(10-11-19-6-3-2-4-7-19)24-13-12-22(26)25(15-14-24)17-20-8-5-9-21(23)16-20/h2-9,16,18H,10-15,17H2,1H3/t18-/m1/s1. The number of amides is 1. The number of aryl methyl sites for hydroxylation is 1. The van der Waals surface area contributed by atoms with Gasteiger partial charge in [0.25, 0.3) is 0 Å². The molecule has 1 saturated heterocycles. The van der Waals surface area contributed by atoms with Crippen molar-refractivity contribution in [2.45, 2.75) is 38.8 Å². The number of benzene rings is 2. The number of nitrogens with zero attached hydrogens (tertiary/aromatic N) is 2. The molecule has 1 atom stereocenters. The minimum Gasteiger partial charge on any atom is -0.337 e. The molecule has 1 aliphatic rings. The predicted octanol–water partition coefficient (Wildman–Crippen LogP) is 3.88. The lowest BCUT2D eigenvalue weighted by Crippen LogP contribution is -2.37. The quantitative estimate of drug-likeness (QED) is 0.786. The fraction of sp³-hybridized carbons (Fsp3) is 0.409. The summed E-state index contributed by atoms with van der Waals surface area (Å²) in [6, 6.07) is 17.5. The molecule has 0 aliphatic carbocycles. The number of carbonyl (C=O) groups is 1. The molecule has 1 amide bonds. The van der Waals surface area contributed by atoms with E-state index in [0.717, 1.165) is 31.5 Å². The van der Waals surface area contributed by atoms with Crippen LogP contribution < -0.4 is 0 Å². The average molecular weight is 354 g/mol. The Hall–Kier alpha value is -2.20. The summed E-state index contributed by atoms with van der Waals surface area (Å²) in [4.78, 5) is 16.7. The molecule has 1 heterocycles. The summed E-state index contributed by atoms with van der Waals surface area (Å²) in [5, 5.41) is 0. The molecular formula is C22H27FN2O. The van der Waals surface area contributed by atoms with Crippen molar-refractivity contribution in [3.8, 4) is 0 Å². The van der Waals surface area contributed by atoms with Gasteiger partial charge in [-0.25, -0.2) is 4.39 Å². The van der Waals surface area contributed by atoms with E-state index in [1.54, 1.807) is 6.07 Å². The van der Waals surface area contributed by atoms with Crippen molar-refractivity contribution < 1.29 is 9.18 Å². The van der Waals surface area contributed by atoms with Crippen molar-refractivity contribution in [1.29, 1.82) is 0 Å². The summed E-state index contributed by atoms with van der Waals surface area (Å²) in [7, 11) is 0. The first-order valence-corrected chi connectivity index (χ1v) is 9.42. The highest BCUT2D eigenvalue weighted by atomic mass is 19.1. The number of halogens is 1. The Morgan fingerprint density at radius 3 is 2.54 bits per heavy atom. The molecule has 0 unspecified atom stereocenters. The van der Waals surface area contributed by atoms with Crippen LogP contribution >= 0.6 is 0 Å². The fourth-order valence-electron chi connectivity index (χ4n) is 3.55. The summed E-state index contributed by atoms with van der Waals surface area (Å²) in [6.45, 7) is 5.11. The van der Waals surface area contributed by atoms with Crippen molar-refractivity contribution in [3.63, 3.8) is 0 Å². The Morgan fingerprint density at radius 1 is 1.00 bits per heavy atom. The Bertz CT molecular complexity index is 719. The van der Waals surface area contributed by atoms with Crippen LogP contribution in [0.5, 0.6) is 0 Å². The zero-order valence-corrected chi connectivity index (χ0v) is 15.4. The molecule has 3 nitrogen and oxygen atoms in total. The molecule has 2 aromatic carbocycles. The Balaban J connectivity index is 1.53. The van der Waals surface area contributed by atoms with Gasteiger partial charge in [0, 0.05) is 38.6 Å². The second-order valence-electron chi connectivity index (χ2n) is 7.10. The minimum atomic E-state index is -0.249. The van der Waals surface area contributed by atoms with E-state index in [0.29, 0.717) is 25.6 Å². The Labute approximate surface area is 155 Å². The van der Waals surface area contributed by atoms with Crippen molar-refractivity contribution in [3.05, 3.63) is 71.5 Å². The van der Waals surface area contributed by atoms with Gasteiger partial charge >= 0.3 is 0 Å². The third-order valence-electron chi connectivity index (χ3n) is 5.20. The lowest BCUT2D eigenvalue weighted by Gasteiger charge is -2.27. The first kappa shape index (κ1) is 18.6. The van der Waals surface area contributed by atoms with E-state index < -0.39 is 0 Å². The number of hydrogen-bond donors (Lipinski definition) is 0. The van der Waals surface area contributed by atoms with Crippen LogP contribution in [0.1, 0.15) is 30.9 Å². The molecule has 0 N–H and O–H groups in total. The lowest BCUT2D eigenvalue weighted by atomic mass is 10.1. The Morgan fingerprint density at radius 2 is 1.77 bits per heavy atom. The molecule has 0 aromatic heterocycles. The highest BCUT2D eigenvalue weighted by Gasteiger charge is 2.23. The van der Waals surface area contributed by atoms with Gasteiger partial charge in [-0.15, -0.1) is 0 Å². The maximum Gasteiger partial charge on any atom is 0.224 e. The zero-order chi connectivity index (χ0) is 18.4. The first-order chi connectivity index (χ1) is 12.6. The minimum absolute atomic E-state index is 0.159. The smallest absolute Gasteiger partial charge is 0.224 e. The van der Waals surface area contributed by atoms with Gasteiger partial charge in [-0.1, -0.05) is 42.5 Å². The van der Waals surface area contributed by atoms with E-state index in [-0.39, 0.29) is 11.7 Å². The van der Waals surface area contributed by atoms with Crippen molar-refractivity contribution in [1.82, 2.24) is 9.80 Å². The van der Waals surface area contributed by atoms with Gasteiger partial charge in [0.15, 0.2) is 0 Å². The van der Waals surface area contributed by atoms with Gasteiger partial charge in [0.1, 0.15) is 5.82 Å². The van der Waals surface area contributed by atoms with Gasteiger partial charge in [0.05, 0.1) is 0 Å². The van der Waals surface area contributed by atoms with Crippen molar-refractivity contribution >= 4 is 5.91 Å². The second-order valence-corrected chi connectivity index (χ2v) is 7.10. The topological polar surface area (TPSA) is 23.6 Å². The molecule has 0 saturated carbocycles. The third-order valence-corrected chi connectivity index (χ3v) is 5.20. The van der Waals surface area contributed by atoms with Crippen LogP contribution in [0.2, 0.25) is 0 Å². The molecule has 2 aromatic rings. The summed E-state index contributed by atoms with van der Waals surface area (Å²) in [6.07, 6.45) is 2.67. The largest absolute Gasteiger partial charge is 0.337 e. The van der Waals surface area contributed by atoms with Crippen LogP contribution in [0.4, 0.5) is 4.39 Å².